The number of rotatable bonds is 7. The van der Waals surface area contributed by atoms with Gasteiger partial charge >= 0.3 is 0 Å². The first-order valence-electron chi connectivity index (χ1n) is 9.35. The van der Waals surface area contributed by atoms with Gasteiger partial charge in [0.05, 0.1) is 4.88 Å². The second-order valence-electron chi connectivity index (χ2n) is 6.73. The highest BCUT2D eigenvalue weighted by Gasteiger charge is 2.10. The zero-order valence-electron chi connectivity index (χ0n) is 15.5. The molecule has 0 amide bonds. The lowest BCUT2D eigenvalue weighted by Gasteiger charge is -2.15. The van der Waals surface area contributed by atoms with Crippen molar-refractivity contribution in [2.45, 2.75) is 19.8 Å². The highest BCUT2D eigenvalue weighted by molar-refractivity contribution is 7.18. The Labute approximate surface area is 163 Å². The lowest BCUT2D eigenvalue weighted by Crippen LogP contribution is -2.26. The first kappa shape index (κ1) is 17.9. The van der Waals surface area contributed by atoms with E-state index in [1.807, 2.05) is 43.6 Å². The molecule has 0 saturated carbocycles. The summed E-state index contributed by atoms with van der Waals surface area (Å²) in [6.07, 6.45) is 6.41. The number of hydrogen-bond donors (Lipinski definition) is 2. The third-order valence-corrected chi connectivity index (χ3v) is 5.58. The molecule has 4 rings (SSSR count). The van der Waals surface area contributed by atoms with Crippen molar-refractivity contribution in [2.24, 2.45) is 0 Å². The first-order valence-corrected chi connectivity index (χ1v) is 10.2. The summed E-state index contributed by atoms with van der Waals surface area (Å²) in [7, 11) is 0. The van der Waals surface area contributed by atoms with Crippen molar-refractivity contribution in [3.63, 3.8) is 0 Å². The standard InChI is InChI=1S/C20H24N6S/c1-15-7-8-16(13-22-15)17-14-23-20(27-17)25-19-6-4-5-18(24-19)21-9-12-26-10-2-3-11-26/h4-8,13-14H,2-3,9-12H2,1H3,(H2,21,23,24,25). The molecule has 0 spiro atoms. The fraction of sp³-hybridized carbons (Fsp3) is 0.350. The molecule has 0 aliphatic carbocycles. The third-order valence-electron chi connectivity index (χ3n) is 4.62. The van der Waals surface area contributed by atoms with E-state index in [9.17, 15) is 0 Å². The fourth-order valence-electron chi connectivity index (χ4n) is 3.14. The van der Waals surface area contributed by atoms with Gasteiger partial charge in [0.25, 0.3) is 0 Å². The molecule has 140 valence electrons. The minimum Gasteiger partial charge on any atom is -0.369 e. The van der Waals surface area contributed by atoms with E-state index in [0.29, 0.717) is 0 Å². The zero-order valence-corrected chi connectivity index (χ0v) is 16.3. The van der Waals surface area contributed by atoms with Gasteiger partial charge in [-0.15, -0.1) is 0 Å². The second-order valence-corrected chi connectivity index (χ2v) is 7.76. The predicted octanol–water partition coefficient (Wildman–Crippen LogP) is 4.16. The van der Waals surface area contributed by atoms with Crippen LogP contribution in [0.15, 0.2) is 42.7 Å². The molecule has 3 aromatic heterocycles. The largest absolute Gasteiger partial charge is 0.369 e. The number of pyridine rings is 2. The van der Waals surface area contributed by atoms with Gasteiger partial charge in [0.1, 0.15) is 11.6 Å². The lowest BCUT2D eigenvalue weighted by atomic mass is 10.2. The van der Waals surface area contributed by atoms with Crippen molar-refractivity contribution in [2.75, 3.05) is 36.8 Å². The van der Waals surface area contributed by atoms with E-state index < -0.39 is 0 Å². The summed E-state index contributed by atoms with van der Waals surface area (Å²) in [5.74, 6) is 1.68. The Morgan fingerprint density at radius 2 is 1.89 bits per heavy atom. The van der Waals surface area contributed by atoms with Crippen LogP contribution in [0, 0.1) is 6.92 Å². The molecule has 6 nitrogen and oxygen atoms in total. The Morgan fingerprint density at radius 3 is 2.70 bits per heavy atom. The number of anilines is 3. The smallest absolute Gasteiger partial charge is 0.188 e. The van der Waals surface area contributed by atoms with Crippen LogP contribution in [0.4, 0.5) is 16.8 Å². The summed E-state index contributed by atoms with van der Waals surface area (Å²) in [6.45, 7) is 6.42. The number of nitrogens with zero attached hydrogens (tertiary/aromatic N) is 4. The van der Waals surface area contributed by atoms with Crippen molar-refractivity contribution in [3.8, 4) is 10.4 Å². The molecular weight excluding hydrogens is 356 g/mol. The van der Waals surface area contributed by atoms with Gasteiger partial charge < -0.3 is 15.5 Å². The molecule has 1 aliphatic rings. The van der Waals surface area contributed by atoms with E-state index in [1.54, 1.807) is 11.3 Å². The maximum atomic E-state index is 4.64. The van der Waals surface area contributed by atoms with E-state index >= 15 is 0 Å². The Balaban J connectivity index is 1.36. The summed E-state index contributed by atoms with van der Waals surface area (Å²) < 4.78 is 0. The fourth-order valence-corrected chi connectivity index (χ4v) is 3.95. The molecule has 1 saturated heterocycles. The van der Waals surface area contributed by atoms with E-state index in [1.165, 1.54) is 25.9 Å². The van der Waals surface area contributed by atoms with Crippen molar-refractivity contribution in [1.29, 1.82) is 0 Å². The van der Waals surface area contributed by atoms with Crippen LogP contribution in [0.3, 0.4) is 0 Å². The van der Waals surface area contributed by atoms with E-state index in [-0.39, 0.29) is 0 Å². The Hall–Kier alpha value is -2.51. The molecule has 0 radical (unpaired) electrons. The second kappa shape index (κ2) is 8.45. The average molecular weight is 381 g/mol. The number of aromatic nitrogens is 3. The summed E-state index contributed by atoms with van der Waals surface area (Å²) >= 11 is 1.60. The molecule has 0 bridgehead atoms. The summed E-state index contributed by atoms with van der Waals surface area (Å²) in [5.41, 5.74) is 2.09. The highest BCUT2D eigenvalue weighted by Crippen LogP contribution is 2.30. The minimum atomic E-state index is 0.795. The normalized spacial score (nSPS) is 14.4. The molecule has 27 heavy (non-hydrogen) atoms. The quantitative estimate of drug-likeness (QED) is 0.642. The zero-order chi connectivity index (χ0) is 18.5. The van der Waals surface area contributed by atoms with Crippen LogP contribution in [0.1, 0.15) is 18.5 Å². The topological polar surface area (TPSA) is 66.0 Å². The van der Waals surface area contributed by atoms with Crippen molar-refractivity contribution in [3.05, 3.63) is 48.4 Å². The number of aryl methyl sites for hydroxylation is 1. The summed E-state index contributed by atoms with van der Waals surface area (Å²) in [5, 5.41) is 7.55. The molecule has 2 N–H and O–H groups in total. The Morgan fingerprint density at radius 1 is 1.04 bits per heavy atom. The molecule has 0 unspecified atom stereocenters. The van der Waals surface area contributed by atoms with Crippen LogP contribution in [0.2, 0.25) is 0 Å². The number of thiazole rings is 1. The van der Waals surface area contributed by atoms with Crippen LogP contribution in [0.5, 0.6) is 0 Å². The molecule has 1 aliphatic heterocycles. The maximum absolute atomic E-state index is 4.64. The van der Waals surface area contributed by atoms with E-state index in [4.69, 9.17) is 0 Å². The number of hydrogen-bond acceptors (Lipinski definition) is 7. The summed E-state index contributed by atoms with van der Waals surface area (Å²) in [4.78, 5) is 17.0. The SMILES string of the molecule is Cc1ccc(-c2cnc(Nc3cccc(NCCN4CCCC4)n3)s2)cn1. The van der Waals surface area contributed by atoms with Crippen LogP contribution in [-0.4, -0.2) is 46.0 Å². The van der Waals surface area contributed by atoms with Gasteiger partial charge in [-0.05, 0) is 51.1 Å². The molecule has 0 atom stereocenters. The average Bonchev–Trinajstić information content (AvgIpc) is 3.35. The third kappa shape index (κ3) is 4.81. The van der Waals surface area contributed by atoms with E-state index in [0.717, 1.165) is 46.0 Å². The maximum Gasteiger partial charge on any atom is 0.188 e. The number of nitrogens with one attached hydrogen (secondary N) is 2. The van der Waals surface area contributed by atoms with Crippen molar-refractivity contribution < 1.29 is 0 Å². The van der Waals surface area contributed by atoms with Crippen LogP contribution in [-0.2, 0) is 0 Å². The molecule has 7 heteroatoms. The van der Waals surface area contributed by atoms with Gasteiger partial charge in [-0.2, -0.15) is 0 Å². The minimum absolute atomic E-state index is 0.795. The van der Waals surface area contributed by atoms with Gasteiger partial charge in [-0.3, -0.25) is 4.98 Å². The highest BCUT2D eigenvalue weighted by atomic mass is 32.1. The molecule has 1 fully saturated rings. The van der Waals surface area contributed by atoms with Gasteiger partial charge in [0, 0.05) is 36.7 Å². The van der Waals surface area contributed by atoms with Crippen molar-refractivity contribution >= 4 is 28.1 Å². The number of likely N-dealkylation sites (tertiary alicyclic amines) is 1. The Bertz CT molecular complexity index is 870. The predicted molar refractivity (Wildman–Crippen MR) is 112 cm³/mol. The van der Waals surface area contributed by atoms with Gasteiger partial charge in [-0.1, -0.05) is 23.5 Å². The van der Waals surface area contributed by atoms with Gasteiger partial charge in [0.15, 0.2) is 5.13 Å². The lowest BCUT2D eigenvalue weighted by molar-refractivity contribution is 0.352. The first-order chi connectivity index (χ1) is 13.3. The summed E-state index contributed by atoms with van der Waals surface area (Å²) in [6, 6.07) is 10.1. The van der Waals surface area contributed by atoms with Crippen LogP contribution < -0.4 is 10.6 Å². The van der Waals surface area contributed by atoms with Gasteiger partial charge in [-0.25, -0.2) is 9.97 Å². The Kier molecular flexibility index (Phi) is 5.60. The van der Waals surface area contributed by atoms with Crippen molar-refractivity contribution in [1.82, 2.24) is 19.9 Å². The van der Waals surface area contributed by atoms with Crippen LogP contribution in [0.25, 0.3) is 10.4 Å². The molecule has 3 aromatic rings. The molecule has 4 heterocycles. The molecular formula is C20H24N6S. The molecule has 0 aromatic carbocycles. The van der Waals surface area contributed by atoms with Crippen LogP contribution >= 0.6 is 11.3 Å². The van der Waals surface area contributed by atoms with Gasteiger partial charge in [0.2, 0.25) is 0 Å². The monoisotopic (exact) mass is 380 g/mol. The van der Waals surface area contributed by atoms with E-state index in [2.05, 4.69) is 36.6 Å².